The number of nitrogens with zero attached hydrogens (tertiary/aromatic N) is 2. The van der Waals surface area contributed by atoms with Gasteiger partial charge in [0.25, 0.3) is 0 Å². The number of anilines is 1. The molecule has 0 bridgehead atoms. The van der Waals surface area contributed by atoms with E-state index in [0.29, 0.717) is 19.6 Å². The first kappa shape index (κ1) is 24.8. The third-order valence-corrected chi connectivity index (χ3v) is 4.88. The average molecular weight is 434 g/mol. The van der Waals surface area contributed by atoms with Gasteiger partial charge in [-0.15, -0.1) is 0 Å². The van der Waals surface area contributed by atoms with Crippen molar-refractivity contribution in [1.29, 1.82) is 0 Å². The maximum absolute atomic E-state index is 12.5. The predicted molar refractivity (Wildman–Crippen MR) is 123 cm³/mol. The average Bonchev–Trinajstić information content (AvgIpc) is 3.11. The first-order chi connectivity index (χ1) is 14.4. The molecule has 0 unspecified atom stereocenters. The first-order valence-corrected chi connectivity index (χ1v) is 11.2. The normalized spacial score (nSPS) is 16.7. The highest BCUT2D eigenvalue weighted by Gasteiger charge is 2.32. The zero-order valence-corrected chi connectivity index (χ0v) is 20.2. The highest BCUT2D eigenvalue weighted by atomic mass is 16.6. The van der Waals surface area contributed by atoms with E-state index in [0.717, 1.165) is 30.6 Å². The topological polar surface area (TPSA) is 71.1 Å². The predicted octanol–water partition coefficient (Wildman–Crippen LogP) is 5.26. The highest BCUT2D eigenvalue weighted by Crippen LogP contribution is 2.22. The Labute approximate surface area is 187 Å². The van der Waals surface area contributed by atoms with E-state index >= 15 is 0 Å². The molecule has 174 valence electrons. The molecule has 1 fully saturated rings. The summed E-state index contributed by atoms with van der Waals surface area (Å²) in [4.78, 5) is 28.4. The molecule has 1 N–H and O–H groups in total. The van der Waals surface area contributed by atoms with Crippen molar-refractivity contribution in [2.75, 3.05) is 25.0 Å². The number of hydrogen-bond donors (Lipinski definition) is 1. The fraction of sp³-hybridized carbons (Fsp3) is 0.667. The van der Waals surface area contributed by atoms with Gasteiger partial charge in [0.05, 0.1) is 6.04 Å². The minimum atomic E-state index is -0.519. The van der Waals surface area contributed by atoms with Gasteiger partial charge in [-0.1, -0.05) is 12.1 Å². The summed E-state index contributed by atoms with van der Waals surface area (Å²) >= 11 is 0. The molecular formula is C24H39N3O4. The van der Waals surface area contributed by atoms with Gasteiger partial charge >= 0.3 is 12.2 Å². The van der Waals surface area contributed by atoms with Crippen molar-refractivity contribution in [3.63, 3.8) is 0 Å². The van der Waals surface area contributed by atoms with Crippen molar-refractivity contribution < 1.29 is 19.1 Å². The number of amides is 2. The lowest BCUT2D eigenvalue weighted by molar-refractivity contribution is 0.0228. The van der Waals surface area contributed by atoms with Crippen LogP contribution in [0.5, 0.6) is 0 Å². The van der Waals surface area contributed by atoms with Gasteiger partial charge in [0.15, 0.2) is 0 Å². The SMILES string of the molecule is CCN(Cc1cccc(NC[C@H]2CCCN2C(=O)OC(C)(C)C)c1)C(=O)OC(C)(C)C. The van der Waals surface area contributed by atoms with E-state index in [-0.39, 0.29) is 18.2 Å². The number of likely N-dealkylation sites (tertiary alicyclic amines) is 1. The molecule has 0 saturated carbocycles. The van der Waals surface area contributed by atoms with Crippen LogP contribution in [-0.2, 0) is 16.0 Å². The van der Waals surface area contributed by atoms with Crippen LogP contribution in [0.4, 0.5) is 15.3 Å². The lowest BCUT2D eigenvalue weighted by atomic mass is 10.1. The quantitative estimate of drug-likeness (QED) is 0.663. The smallest absolute Gasteiger partial charge is 0.410 e. The van der Waals surface area contributed by atoms with Crippen LogP contribution in [0.1, 0.15) is 66.9 Å². The second-order valence-electron chi connectivity index (χ2n) is 10.0. The van der Waals surface area contributed by atoms with Gasteiger partial charge in [-0.3, -0.25) is 0 Å². The molecule has 0 aromatic heterocycles. The van der Waals surface area contributed by atoms with Gasteiger partial charge in [0.1, 0.15) is 11.2 Å². The second kappa shape index (κ2) is 10.2. The van der Waals surface area contributed by atoms with Crippen LogP contribution >= 0.6 is 0 Å². The summed E-state index contributed by atoms with van der Waals surface area (Å²) in [5.41, 5.74) is 0.974. The molecule has 1 heterocycles. The number of benzene rings is 1. The lowest BCUT2D eigenvalue weighted by Gasteiger charge is -2.29. The molecule has 1 aromatic carbocycles. The summed E-state index contributed by atoms with van der Waals surface area (Å²) in [5.74, 6) is 0. The summed E-state index contributed by atoms with van der Waals surface area (Å²) in [6.07, 6.45) is 1.37. The molecule has 2 amide bonds. The monoisotopic (exact) mass is 433 g/mol. The number of carbonyl (C=O) groups is 2. The van der Waals surface area contributed by atoms with Crippen LogP contribution in [0.3, 0.4) is 0 Å². The van der Waals surface area contributed by atoms with Crippen molar-refractivity contribution in [3.05, 3.63) is 29.8 Å². The zero-order valence-electron chi connectivity index (χ0n) is 20.2. The van der Waals surface area contributed by atoms with Gasteiger partial charge < -0.3 is 24.6 Å². The third-order valence-electron chi connectivity index (χ3n) is 4.88. The number of rotatable bonds is 6. The van der Waals surface area contributed by atoms with Crippen LogP contribution in [0, 0.1) is 0 Å². The second-order valence-corrected chi connectivity index (χ2v) is 10.0. The molecule has 31 heavy (non-hydrogen) atoms. The zero-order chi connectivity index (χ0) is 23.2. The maximum Gasteiger partial charge on any atom is 0.410 e. The fourth-order valence-electron chi connectivity index (χ4n) is 3.48. The summed E-state index contributed by atoms with van der Waals surface area (Å²) in [6.45, 7) is 15.6. The Kier molecular flexibility index (Phi) is 8.21. The van der Waals surface area contributed by atoms with Gasteiger partial charge in [-0.25, -0.2) is 9.59 Å². The van der Waals surface area contributed by atoms with Crippen LogP contribution in [0.2, 0.25) is 0 Å². The van der Waals surface area contributed by atoms with Crippen molar-refractivity contribution in [2.45, 2.75) is 85.1 Å². The number of nitrogens with one attached hydrogen (secondary N) is 1. The standard InChI is InChI=1S/C24H39N3O4/c1-8-26(21(28)30-23(2,3)4)17-18-11-9-12-19(15-18)25-16-20-13-10-14-27(20)22(29)31-24(5,6)7/h9,11-12,15,20,25H,8,10,13-14,16-17H2,1-7H3/t20-/m1/s1. The summed E-state index contributed by atoms with van der Waals surface area (Å²) < 4.78 is 11.0. The largest absolute Gasteiger partial charge is 0.444 e. The van der Waals surface area contributed by atoms with Crippen LogP contribution in [0.25, 0.3) is 0 Å². The molecule has 1 aliphatic heterocycles. The van der Waals surface area contributed by atoms with E-state index in [1.807, 2.05) is 77.6 Å². The highest BCUT2D eigenvalue weighted by molar-refractivity contribution is 5.69. The first-order valence-electron chi connectivity index (χ1n) is 11.2. The van der Waals surface area contributed by atoms with Crippen molar-refractivity contribution >= 4 is 17.9 Å². The van der Waals surface area contributed by atoms with Gasteiger partial charge in [0.2, 0.25) is 0 Å². The molecule has 7 heteroatoms. The molecule has 1 aliphatic rings. The summed E-state index contributed by atoms with van der Waals surface area (Å²) in [5, 5.41) is 3.45. The lowest BCUT2D eigenvalue weighted by Crippen LogP contribution is -2.42. The molecule has 1 saturated heterocycles. The maximum atomic E-state index is 12.5. The van der Waals surface area contributed by atoms with Crippen LogP contribution in [-0.4, -0.2) is 58.9 Å². The van der Waals surface area contributed by atoms with E-state index in [4.69, 9.17) is 9.47 Å². The molecule has 0 aliphatic carbocycles. The van der Waals surface area contributed by atoms with Gasteiger partial charge in [-0.2, -0.15) is 0 Å². The number of carbonyl (C=O) groups excluding carboxylic acids is 2. The van der Waals surface area contributed by atoms with Crippen LogP contribution in [0.15, 0.2) is 24.3 Å². The summed E-state index contributed by atoms with van der Waals surface area (Å²) in [6, 6.07) is 8.12. The van der Waals surface area contributed by atoms with E-state index < -0.39 is 11.2 Å². The Bertz CT molecular complexity index is 752. The van der Waals surface area contributed by atoms with E-state index in [9.17, 15) is 9.59 Å². The molecule has 0 radical (unpaired) electrons. The van der Waals surface area contributed by atoms with Gasteiger partial charge in [0, 0.05) is 31.9 Å². The minimum Gasteiger partial charge on any atom is -0.444 e. The van der Waals surface area contributed by atoms with E-state index in [2.05, 4.69) is 5.32 Å². The van der Waals surface area contributed by atoms with Crippen molar-refractivity contribution in [3.8, 4) is 0 Å². The molecule has 7 nitrogen and oxygen atoms in total. The number of hydrogen-bond acceptors (Lipinski definition) is 5. The molecule has 0 spiro atoms. The van der Waals surface area contributed by atoms with Gasteiger partial charge in [-0.05, 0) is 79.0 Å². The fourth-order valence-corrected chi connectivity index (χ4v) is 3.48. The Hall–Kier alpha value is -2.44. The number of ether oxygens (including phenoxy) is 2. The van der Waals surface area contributed by atoms with E-state index in [1.165, 1.54) is 0 Å². The molecule has 1 aromatic rings. The molecular weight excluding hydrogens is 394 g/mol. The Morgan fingerprint density at radius 2 is 1.81 bits per heavy atom. The Balaban J connectivity index is 1.96. The van der Waals surface area contributed by atoms with Crippen molar-refractivity contribution in [2.24, 2.45) is 0 Å². The Morgan fingerprint density at radius 1 is 1.13 bits per heavy atom. The minimum absolute atomic E-state index is 0.104. The molecule has 1 atom stereocenters. The molecule has 2 rings (SSSR count). The van der Waals surface area contributed by atoms with Crippen molar-refractivity contribution in [1.82, 2.24) is 9.80 Å². The van der Waals surface area contributed by atoms with E-state index in [1.54, 1.807) is 4.90 Å². The third kappa shape index (κ3) is 8.31. The Morgan fingerprint density at radius 3 is 2.42 bits per heavy atom. The van der Waals surface area contributed by atoms with Crippen LogP contribution < -0.4 is 5.32 Å². The summed E-state index contributed by atoms with van der Waals surface area (Å²) in [7, 11) is 0.